The average Bonchev–Trinajstić information content (AvgIpc) is 1.50. The molecule has 0 saturated heterocycles. The summed E-state index contributed by atoms with van der Waals surface area (Å²) in [7, 11) is 6.68. The zero-order valence-corrected chi connectivity index (χ0v) is 5.80. The van der Waals surface area contributed by atoms with E-state index in [2.05, 4.69) is 44.3 Å². The third-order valence-corrected chi connectivity index (χ3v) is 0. The Kier molecular flexibility index (Phi) is 48.1. The van der Waals surface area contributed by atoms with E-state index in [1.165, 1.54) is 0 Å². The number of hydrogen-bond acceptors (Lipinski definition) is 0. The molecule has 0 aromatic carbocycles. The first-order valence-electron chi connectivity index (χ1n) is 0.338. The first kappa shape index (κ1) is 9.31. The van der Waals surface area contributed by atoms with Crippen LogP contribution in [-0.4, -0.2) is 0 Å². The van der Waals surface area contributed by atoms with Crippen LogP contribution in [0.3, 0.4) is 0 Å². The van der Waals surface area contributed by atoms with E-state index in [0.717, 1.165) is 0 Å². The second-order valence-corrected chi connectivity index (χ2v) is 0. The van der Waals surface area contributed by atoms with Crippen LogP contribution >= 0.6 is 14.5 Å². The van der Waals surface area contributed by atoms with Gasteiger partial charge in [-0.25, -0.2) is 0 Å². The summed E-state index contributed by atoms with van der Waals surface area (Å²) in [6.45, 7) is 0. The fourth-order valence-electron chi connectivity index (χ4n) is 0. The molecule has 4 heteroatoms. The molecular weight excluding hydrogens is 172 g/mol. The molecule has 0 aromatic heterocycles. The van der Waals surface area contributed by atoms with Crippen LogP contribution in [0, 0.1) is 0 Å². The number of hydrogen-bond donors (Lipinski definition) is 0. The van der Waals surface area contributed by atoms with Crippen LogP contribution in [0.4, 0.5) is 0 Å². The quantitative estimate of drug-likeness (QED) is 0.385. The summed E-state index contributed by atoms with van der Waals surface area (Å²) in [6.07, 6.45) is 0. The Balaban J connectivity index is 0. The van der Waals surface area contributed by atoms with E-state index < -0.39 is 0 Å². The van der Waals surface area contributed by atoms with Crippen LogP contribution in [0.25, 0.3) is 0 Å². The Morgan fingerprint density at radius 3 is 0.750 bits per heavy atom. The van der Waals surface area contributed by atoms with Gasteiger partial charge in [0.25, 0.3) is 0 Å². The molecule has 0 fully saturated rings. The topological polar surface area (TPSA) is 0 Å². The fraction of sp³-hybridized carbons (Fsp3) is 0. The van der Waals surface area contributed by atoms with Crippen molar-refractivity contribution in [2.75, 3.05) is 0 Å². The SMILES string of the molecule is [P]#[Mn].[P]#[Mn]. The van der Waals surface area contributed by atoms with Crippen molar-refractivity contribution in [2.45, 2.75) is 0 Å². The third-order valence-electron chi connectivity index (χ3n) is 0. The van der Waals surface area contributed by atoms with Crippen molar-refractivity contribution in [1.29, 1.82) is 0 Å². The summed E-state index contributed by atoms with van der Waals surface area (Å²) >= 11 is 5.26. The normalized spacial score (nSPS) is 1.50. The Labute approximate surface area is 44.4 Å². The second kappa shape index (κ2) is 20.7. The molecule has 0 spiro atoms. The van der Waals surface area contributed by atoms with Gasteiger partial charge in [-0.1, -0.05) is 0 Å². The predicted molar refractivity (Wildman–Crippen MR) is 13.8 cm³/mol. The van der Waals surface area contributed by atoms with Crippen molar-refractivity contribution in [3.05, 3.63) is 0 Å². The fourth-order valence-corrected chi connectivity index (χ4v) is 0. The molecule has 0 aliphatic carbocycles. The van der Waals surface area contributed by atoms with Gasteiger partial charge in [0.15, 0.2) is 0 Å². The molecule has 0 nitrogen and oxygen atoms in total. The van der Waals surface area contributed by atoms with Crippen molar-refractivity contribution >= 4 is 14.5 Å². The van der Waals surface area contributed by atoms with Crippen LogP contribution < -0.4 is 0 Å². The standard InChI is InChI=1S/2Mn.2P. The molecule has 0 unspecified atom stereocenters. The summed E-state index contributed by atoms with van der Waals surface area (Å²) in [5.41, 5.74) is 0. The first-order valence-corrected chi connectivity index (χ1v) is 4.18. The van der Waals surface area contributed by atoms with Crippen LogP contribution in [0.1, 0.15) is 0 Å². The Morgan fingerprint density at radius 2 is 0.750 bits per heavy atom. The average molecular weight is 172 g/mol. The molecule has 0 heterocycles. The Hall–Kier alpha value is 1.90. The minimum absolute atomic E-state index is 2.63. The van der Waals surface area contributed by atoms with Gasteiger partial charge in [0.05, 0.1) is 0 Å². The molecule has 0 bridgehead atoms. The van der Waals surface area contributed by atoms with Crippen molar-refractivity contribution < 1.29 is 29.8 Å². The molecule has 0 atom stereocenters. The van der Waals surface area contributed by atoms with Gasteiger partial charge in [0.1, 0.15) is 0 Å². The molecule has 0 saturated carbocycles. The maximum atomic E-state index is 3.34. The molecule has 0 aliphatic rings. The molecule has 24 valence electrons. The summed E-state index contributed by atoms with van der Waals surface area (Å²) in [5, 5.41) is 0. The maximum absolute atomic E-state index is 3.34. The van der Waals surface area contributed by atoms with E-state index in [1.54, 1.807) is 0 Å². The van der Waals surface area contributed by atoms with Gasteiger partial charge in [-0.15, -0.1) is 0 Å². The minimum atomic E-state index is 2.63. The molecule has 0 N–H and O–H groups in total. The molecule has 0 radical (unpaired) electrons. The van der Waals surface area contributed by atoms with Gasteiger partial charge in [0, 0.05) is 0 Å². The van der Waals surface area contributed by atoms with Crippen molar-refractivity contribution in [3.63, 3.8) is 0 Å². The monoisotopic (exact) mass is 172 g/mol. The zero-order chi connectivity index (χ0) is 4.00. The molecule has 0 amide bonds. The van der Waals surface area contributed by atoms with Crippen LogP contribution in [0.5, 0.6) is 0 Å². The molecule has 0 rings (SSSR count). The van der Waals surface area contributed by atoms with Crippen molar-refractivity contribution in [2.24, 2.45) is 0 Å². The Bertz CT molecular complexity index is 19.5. The summed E-state index contributed by atoms with van der Waals surface area (Å²) in [4.78, 5) is 0. The van der Waals surface area contributed by atoms with Crippen LogP contribution in [-0.2, 0) is 29.8 Å². The van der Waals surface area contributed by atoms with Gasteiger partial charge in [-0.05, 0) is 0 Å². The summed E-state index contributed by atoms with van der Waals surface area (Å²) < 4.78 is 0. The number of rotatable bonds is 0. The van der Waals surface area contributed by atoms with Crippen LogP contribution in [0.2, 0.25) is 0 Å². The Morgan fingerprint density at radius 1 is 0.750 bits per heavy atom. The van der Waals surface area contributed by atoms with Gasteiger partial charge in [-0.2, -0.15) is 0 Å². The first-order chi connectivity index (χ1) is 2.00. The van der Waals surface area contributed by atoms with E-state index in [9.17, 15) is 0 Å². The molecule has 0 aliphatic heterocycles. The zero-order valence-electron chi connectivity index (χ0n) is 1.65. The molecule has 4 heavy (non-hydrogen) atoms. The molecule has 0 aromatic rings. The summed E-state index contributed by atoms with van der Waals surface area (Å²) in [5.74, 6) is 0. The van der Waals surface area contributed by atoms with Crippen molar-refractivity contribution in [3.8, 4) is 0 Å². The van der Waals surface area contributed by atoms with Gasteiger partial charge in [0.2, 0.25) is 0 Å². The third kappa shape index (κ3) is 9.09. The van der Waals surface area contributed by atoms with Crippen molar-refractivity contribution in [1.82, 2.24) is 0 Å². The van der Waals surface area contributed by atoms with Gasteiger partial charge in [-0.3, -0.25) is 0 Å². The van der Waals surface area contributed by atoms with Gasteiger partial charge < -0.3 is 0 Å². The van der Waals surface area contributed by atoms with E-state index in [0.29, 0.717) is 0 Å². The van der Waals surface area contributed by atoms with E-state index in [1.807, 2.05) is 0 Å². The van der Waals surface area contributed by atoms with E-state index in [4.69, 9.17) is 0 Å². The summed E-state index contributed by atoms with van der Waals surface area (Å²) in [6, 6.07) is 0. The van der Waals surface area contributed by atoms with E-state index in [-0.39, 0.29) is 0 Å². The predicted octanol–water partition coefficient (Wildman–Crippen LogP) is 1.72. The molecular formula is Mn2P2. The van der Waals surface area contributed by atoms with Gasteiger partial charge >= 0.3 is 44.3 Å². The second-order valence-electron chi connectivity index (χ2n) is 0. The van der Waals surface area contributed by atoms with E-state index >= 15 is 0 Å². The van der Waals surface area contributed by atoms with Crippen LogP contribution in [0.15, 0.2) is 0 Å².